The number of anilines is 1. The minimum Gasteiger partial charge on any atom is -0.380 e. The van der Waals surface area contributed by atoms with Crippen LogP contribution in [-0.4, -0.2) is 71.6 Å². The number of piperazine rings is 1. The minimum absolute atomic E-state index is 0.0120. The molecular weight excluding hydrogens is 402 g/mol. The Bertz CT molecular complexity index is 1010. The number of carbonyl (C=O) groups excluding carboxylic acids is 2. The molecule has 1 saturated carbocycles. The summed E-state index contributed by atoms with van der Waals surface area (Å²) in [5.74, 6) is 0.249. The fourth-order valence-corrected chi connectivity index (χ4v) is 5.03. The summed E-state index contributed by atoms with van der Waals surface area (Å²) in [5, 5.41) is 10.0. The third-order valence-corrected chi connectivity index (χ3v) is 7.23. The molecule has 3 aliphatic rings. The van der Waals surface area contributed by atoms with Crippen LogP contribution in [0, 0.1) is 0 Å². The van der Waals surface area contributed by atoms with E-state index in [1.165, 1.54) is 16.8 Å². The van der Waals surface area contributed by atoms with Gasteiger partial charge in [-0.25, -0.2) is 0 Å². The van der Waals surface area contributed by atoms with Gasteiger partial charge in [-0.05, 0) is 55.5 Å². The molecule has 32 heavy (non-hydrogen) atoms. The second-order valence-corrected chi connectivity index (χ2v) is 9.31. The van der Waals surface area contributed by atoms with E-state index in [9.17, 15) is 14.7 Å². The summed E-state index contributed by atoms with van der Waals surface area (Å²) in [7, 11) is 0. The lowest BCUT2D eigenvalue weighted by molar-refractivity contribution is -0.143. The quantitative estimate of drug-likeness (QED) is 0.805. The van der Waals surface area contributed by atoms with Gasteiger partial charge < -0.3 is 19.8 Å². The first-order valence-corrected chi connectivity index (χ1v) is 11.7. The maximum atomic E-state index is 13.0. The first-order valence-electron chi connectivity index (χ1n) is 11.7. The monoisotopic (exact) mass is 433 g/mol. The molecule has 2 fully saturated rings. The van der Waals surface area contributed by atoms with Crippen LogP contribution in [0.3, 0.4) is 0 Å². The molecular formula is C26H31N3O3. The lowest BCUT2D eigenvalue weighted by Gasteiger charge is -2.36. The van der Waals surface area contributed by atoms with Gasteiger partial charge in [0.2, 0.25) is 0 Å². The first-order chi connectivity index (χ1) is 15.5. The predicted octanol–water partition coefficient (Wildman–Crippen LogP) is 2.66. The van der Waals surface area contributed by atoms with Gasteiger partial charge in [-0.2, -0.15) is 0 Å². The molecule has 1 aliphatic carbocycles. The van der Waals surface area contributed by atoms with E-state index in [0.717, 1.165) is 19.5 Å². The van der Waals surface area contributed by atoms with Crippen LogP contribution in [0.1, 0.15) is 47.2 Å². The van der Waals surface area contributed by atoms with E-state index < -0.39 is 5.60 Å². The highest BCUT2D eigenvalue weighted by Crippen LogP contribution is 2.37. The Labute approximate surface area is 189 Å². The fourth-order valence-electron chi connectivity index (χ4n) is 5.03. The molecule has 168 valence electrons. The second kappa shape index (κ2) is 8.24. The molecule has 1 N–H and O–H groups in total. The average molecular weight is 434 g/mol. The van der Waals surface area contributed by atoms with Crippen LogP contribution < -0.4 is 4.90 Å². The summed E-state index contributed by atoms with van der Waals surface area (Å²) >= 11 is 0. The molecule has 0 bridgehead atoms. The van der Waals surface area contributed by atoms with Gasteiger partial charge in [0.1, 0.15) is 5.60 Å². The number of nitrogens with zero attached hydrogens (tertiary/aromatic N) is 3. The minimum atomic E-state index is -1.13. The van der Waals surface area contributed by atoms with Crippen LogP contribution >= 0.6 is 0 Å². The summed E-state index contributed by atoms with van der Waals surface area (Å²) in [6, 6.07) is 16.7. The predicted molar refractivity (Wildman–Crippen MR) is 124 cm³/mol. The van der Waals surface area contributed by atoms with E-state index in [0.29, 0.717) is 50.5 Å². The second-order valence-electron chi connectivity index (χ2n) is 9.31. The molecule has 2 aliphatic heterocycles. The molecule has 2 aromatic rings. The highest BCUT2D eigenvalue weighted by atomic mass is 16.3. The van der Waals surface area contributed by atoms with Gasteiger partial charge >= 0.3 is 0 Å². The average Bonchev–Trinajstić information content (AvgIpc) is 3.61. The van der Waals surface area contributed by atoms with Crippen LogP contribution in [-0.2, 0) is 11.2 Å². The number of hydrogen-bond acceptors (Lipinski definition) is 4. The zero-order valence-electron chi connectivity index (χ0n) is 18.7. The summed E-state index contributed by atoms with van der Waals surface area (Å²) in [4.78, 5) is 31.2. The van der Waals surface area contributed by atoms with Gasteiger partial charge in [0.25, 0.3) is 11.8 Å². The van der Waals surface area contributed by atoms with Crippen molar-refractivity contribution < 1.29 is 14.7 Å². The summed E-state index contributed by atoms with van der Waals surface area (Å²) in [6.07, 6.45) is 2.13. The Hall–Kier alpha value is -2.86. The molecule has 6 heteroatoms. The van der Waals surface area contributed by atoms with Crippen LogP contribution in [0.4, 0.5) is 5.69 Å². The molecule has 6 nitrogen and oxygen atoms in total. The number of rotatable bonds is 4. The van der Waals surface area contributed by atoms with Gasteiger partial charge in [-0.15, -0.1) is 0 Å². The molecule has 5 rings (SSSR count). The number of fused-ring (bicyclic) bond motifs is 1. The number of amides is 2. The van der Waals surface area contributed by atoms with Crippen LogP contribution in [0.5, 0.6) is 0 Å². The molecule has 2 aromatic carbocycles. The van der Waals surface area contributed by atoms with Gasteiger partial charge in [-0.1, -0.05) is 30.3 Å². The number of hydrogen-bond donors (Lipinski definition) is 1. The third kappa shape index (κ3) is 3.88. The van der Waals surface area contributed by atoms with E-state index in [2.05, 4.69) is 48.2 Å². The number of carbonyl (C=O) groups is 2. The van der Waals surface area contributed by atoms with Crippen LogP contribution in [0.2, 0.25) is 0 Å². The number of benzene rings is 2. The Morgan fingerprint density at radius 1 is 0.969 bits per heavy atom. The molecule has 2 amide bonds. The van der Waals surface area contributed by atoms with Crippen LogP contribution in [0.15, 0.2) is 48.5 Å². The van der Waals surface area contributed by atoms with Crippen molar-refractivity contribution in [1.82, 2.24) is 9.80 Å². The normalized spacial score (nSPS) is 21.8. The smallest absolute Gasteiger partial charge is 0.254 e. The van der Waals surface area contributed by atoms with E-state index in [1.54, 1.807) is 4.90 Å². The molecule has 1 unspecified atom stereocenters. The van der Waals surface area contributed by atoms with Gasteiger partial charge in [0.15, 0.2) is 0 Å². The van der Waals surface area contributed by atoms with E-state index >= 15 is 0 Å². The first kappa shape index (κ1) is 21.0. The van der Waals surface area contributed by atoms with Crippen molar-refractivity contribution in [3.05, 3.63) is 65.2 Å². The Morgan fingerprint density at radius 3 is 2.28 bits per heavy atom. The Morgan fingerprint density at radius 2 is 1.62 bits per heavy atom. The SMILES string of the molecule is CCN1CC(c2ccc(C(=O)N3CCN(C(=O)C4(O)CC4)CC3)cc2)Cc2ccccc21. The van der Waals surface area contributed by atoms with Crippen molar-refractivity contribution in [3.63, 3.8) is 0 Å². The van der Waals surface area contributed by atoms with Crippen molar-refractivity contribution in [2.45, 2.75) is 37.7 Å². The number of aliphatic hydroxyl groups is 1. The van der Waals surface area contributed by atoms with E-state index in [4.69, 9.17) is 0 Å². The molecule has 1 atom stereocenters. The molecule has 2 heterocycles. The van der Waals surface area contributed by atoms with Crippen molar-refractivity contribution in [1.29, 1.82) is 0 Å². The molecule has 1 saturated heterocycles. The topological polar surface area (TPSA) is 64.1 Å². The van der Waals surface area contributed by atoms with Crippen LogP contribution in [0.25, 0.3) is 0 Å². The standard InChI is InChI=1S/C26H31N3O3/c1-2-27-18-22(17-21-5-3-4-6-23(21)27)19-7-9-20(10-8-19)24(30)28-13-15-29(16-14-28)25(31)26(32)11-12-26/h3-10,22,32H,2,11-18H2,1H3. The largest absolute Gasteiger partial charge is 0.380 e. The highest BCUT2D eigenvalue weighted by Gasteiger charge is 2.50. The van der Waals surface area contributed by atoms with Crippen molar-refractivity contribution in [2.24, 2.45) is 0 Å². The lowest BCUT2D eigenvalue weighted by atomic mass is 9.87. The fraction of sp³-hybridized carbons (Fsp3) is 0.462. The third-order valence-electron chi connectivity index (χ3n) is 7.23. The Balaban J connectivity index is 1.22. The summed E-state index contributed by atoms with van der Waals surface area (Å²) in [6.45, 7) is 6.15. The maximum absolute atomic E-state index is 13.0. The van der Waals surface area contributed by atoms with Crippen molar-refractivity contribution >= 4 is 17.5 Å². The van der Waals surface area contributed by atoms with Gasteiger partial charge in [-0.3, -0.25) is 9.59 Å². The number of likely N-dealkylation sites (N-methyl/N-ethyl adjacent to an activating group) is 1. The van der Waals surface area contributed by atoms with E-state index in [1.807, 2.05) is 17.0 Å². The van der Waals surface area contributed by atoms with Crippen molar-refractivity contribution in [3.8, 4) is 0 Å². The van der Waals surface area contributed by atoms with Gasteiger partial charge in [0, 0.05) is 56.4 Å². The van der Waals surface area contributed by atoms with Gasteiger partial charge in [0.05, 0.1) is 0 Å². The summed E-state index contributed by atoms with van der Waals surface area (Å²) in [5.41, 5.74) is 3.55. The zero-order valence-corrected chi connectivity index (χ0v) is 18.7. The molecule has 0 aromatic heterocycles. The Kier molecular flexibility index (Phi) is 5.41. The lowest BCUT2D eigenvalue weighted by Crippen LogP contribution is -2.53. The molecule has 0 spiro atoms. The van der Waals surface area contributed by atoms with Crippen molar-refractivity contribution in [2.75, 3.05) is 44.2 Å². The van der Waals surface area contributed by atoms with E-state index in [-0.39, 0.29) is 11.8 Å². The summed E-state index contributed by atoms with van der Waals surface area (Å²) < 4.78 is 0. The maximum Gasteiger partial charge on any atom is 0.254 e. The highest BCUT2D eigenvalue weighted by molar-refractivity contribution is 5.94. The zero-order chi connectivity index (χ0) is 22.3. The number of para-hydroxylation sites is 1. The molecule has 0 radical (unpaired) electrons.